The molecule has 3 saturated heterocycles. The van der Waals surface area contributed by atoms with Gasteiger partial charge in [-0.2, -0.15) is 0 Å². The summed E-state index contributed by atoms with van der Waals surface area (Å²) in [6, 6.07) is 12.3. The van der Waals surface area contributed by atoms with E-state index in [1.807, 2.05) is 19.9 Å². The molecule has 1 N–H and O–H groups in total. The fourth-order valence-electron chi connectivity index (χ4n) is 6.36. The van der Waals surface area contributed by atoms with Crippen LogP contribution in [0, 0.1) is 17.8 Å². The van der Waals surface area contributed by atoms with Crippen molar-refractivity contribution in [3.8, 4) is 5.75 Å². The number of carbonyl (C=O) groups excluding carboxylic acids is 1. The summed E-state index contributed by atoms with van der Waals surface area (Å²) in [5.41, 5.74) is 1.22. The molecule has 4 heterocycles. The Hall–Kier alpha value is -2.29. The van der Waals surface area contributed by atoms with Gasteiger partial charge in [0.15, 0.2) is 11.4 Å². The Morgan fingerprint density at radius 3 is 2.70 bits per heavy atom. The average molecular weight is 546 g/mol. The van der Waals surface area contributed by atoms with Gasteiger partial charge in [-0.25, -0.2) is 14.6 Å². The molecule has 0 radical (unpaired) electrons. The van der Waals surface area contributed by atoms with E-state index < -0.39 is 23.6 Å². The highest BCUT2D eigenvalue weighted by Crippen LogP contribution is 2.60. The molecule has 1 saturated carbocycles. The van der Waals surface area contributed by atoms with Crippen molar-refractivity contribution >= 4 is 40.5 Å². The van der Waals surface area contributed by atoms with Crippen LogP contribution in [0.3, 0.4) is 0 Å². The van der Waals surface area contributed by atoms with Gasteiger partial charge >= 0.3 is 5.97 Å². The minimum absolute atomic E-state index is 0.0844. The second kappa shape index (κ2) is 9.17. The van der Waals surface area contributed by atoms with Crippen molar-refractivity contribution in [1.29, 1.82) is 0 Å². The van der Waals surface area contributed by atoms with E-state index in [4.69, 9.17) is 47.2 Å². The summed E-state index contributed by atoms with van der Waals surface area (Å²) in [4.78, 5) is 25.5. The first-order valence-corrected chi connectivity index (χ1v) is 13.4. The molecule has 9 heteroatoms. The number of anilines is 2. The van der Waals surface area contributed by atoms with Crippen LogP contribution in [0.5, 0.6) is 5.75 Å². The van der Waals surface area contributed by atoms with E-state index >= 15 is 0 Å². The maximum Gasteiger partial charge on any atom is 0.379 e. The van der Waals surface area contributed by atoms with Gasteiger partial charge in [0.2, 0.25) is 17.8 Å². The quantitative estimate of drug-likeness (QED) is 0.248. The topological polar surface area (TPSA) is 75.3 Å². The monoisotopic (exact) mass is 545 g/mol. The van der Waals surface area contributed by atoms with Crippen molar-refractivity contribution < 1.29 is 28.8 Å². The van der Waals surface area contributed by atoms with Crippen LogP contribution in [0.25, 0.3) is 0 Å². The van der Waals surface area contributed by atoms with Crippen molar-refractivity contribution in [2.75, 3.05) is 5.32 Å². The van der Waals surface area contributed by atoms with Gasteiger partial charge in [-0.1, -0.05) is 42.3 Å². The van der Waals surface area contributed by atoms with Crippen LogP contribution in [0.2, 0.25) is 10.0 Å². The lowest BCUT2D eigenvalue weighted by Crippen LogP contribution is -2.67. The summed E-state index contributed by atoms with van der Waals surface area (Å²) in [7, 11) is 0. The molecule has 7 rings (SSSR count). The lowest BCUT2D eigenvalue weighted by molar-refractivity contribution is -0.556. The largest absolute Gasteiger partial charge is 0.454 e. The van der Waals surface area contributed by atoms with Crippen molar-refractivity contribution in [3.05, 3.63) is 63.8 Å². The smallest absolute Gasteiger partial charge is 0.379 e. The average Bonchev–Trinajstić information content (AvgIpc) is 3.10. The number of benzene rings is 2. The first-order valence-electron chi connectivity index (χ1n) is 12.7. The number of para-hydroxylation sites is 2. The number of hydrogen-bond donors (Lipinski definition) is 1. The Balaban J connectivity index is 1.31. The van der Waals surface area contributed by atoms with E-state index in [2.05, 4.69) is 12.2 Å². The van der Waals surface area contributed by atoms with Crippen molar-refractivity contribution in [2.24, 2.45) is 17.8 Å². The predicted molar refractivity (Wildman–Crippen MR) is 138 cm³/mol. The number of ether oxygens (including phenoxy) is 3. The lowest BCUT2D eigenvalue weighted by atomic mass is 9.59. The van der Waals surface area contributed by atoms with Crippen LogP contribution >= 0.6 is 23.2 Å². The highest BCUT2D eigenvalue weighted by molar-refractivity contribution is 6.36. The Bertz CT molecular complexity index is 1280. The van der Waals surface area contributed by atoms with Gasteiger partial charge in [0, 0.05) is 23.3 Å². The fourth-order valence-corrected chi connectivity index (χ4v) is 6.82. The molecule has 2 aromatic carbocycles. The third-order valence-electron chi connectivity index (χ3n) is 8.30. The van der Waals surface area contributed by atoms with E-state index in [1.54, 1.807) is 36.4 Å². The molecule has 1 spiro atoms. The molecule has 2 aromatic rings. The molecule has 4 aliphatic heterocycles. The minimum atomic E-state index is -0.924. The zero-order valence-electron chi connectivity index (χ0n) is 20.9. The summed E-state index contributed by atoms with van der Waals surface area (Å²) in [5.74, 6) is -0.476. The summed E-state index contributed by atoms with van der Waals surface area (Å²) in [6.07, 6.45) is 2.71. The van der Waals surface area contributed by atoms with Gasteiger partial charge in [0.25, 0.3) is 0 Å². The van der Waals surface area contributed by atoms with Gasteiger partial charge in [0.1, 0.15) is 0 Å². The zero-order valence-corrected chi connectivity index (χ0v) is 22.4. The summed E-state index contributed by atoms with van der Waals surface area (Å²) in [5, 5.41) is 4.20. The first kappa shape index (κ1) is 25.0. The van der Waals surface area contributed by atoms with Crippen molar-refractivity contribution in [2.45, 2.75) is 64.1 Å². The molecule has 1 aliphatic carbocycles. The molecule has 7 nitrogen and oxygen atoms in total. The zero-order chi connectivity index (χ0) is 25.9. The minimum Gasteiger partial charge on any atom is -0.454 e. The van der Waals surface area contributed by atoms with E-state index in [1.165, 1.54) is 0 Å². The number of nitrogens with one attached hydrogen (secondary N) is 1. The molecule has 0 aromatic heterocycles. The van der Waals surface area contributed by atoms with Crippen LogP contribution in [-0.2, 0) is 24.0 Å². The van der Waals surface area contributed by atoms with E-state index in [-0.39, 0.29) is 17.6 Å². The molecule has 0 amide bonds. The Morgan fingerprint density at radius 1 is 1.08 bits per heavy atom. The maximum absolute atomic E-state index is 13.6. The van der Waals surface area contributed by atoms with Gasteiger partial charge in [-0.15, -0.1) is 0 Å². The molecule has 1 unspecified atom stereocenters. The lowest BCUT2D eigenvalue weighted by Gasteiger charge is -2.56. The molecule has 2 bridgehead atoms. The van der Waals surface area contributed by atoms with Crippen LogP contribution in [0.1, 0.15) is 46.5 Å². The predicted octanol–water partition coefficient (Wildman–Crippen LogP) is 7.16. The number of hydrogen-bond acceptors (Lipinski definition) is 7. The third kappa shape index (κ3) is 4.12. The molecule has 6 atom stereocenters. The second-order valence-electron chi connectivity index (χ2n) is 10.6. The molecular weight excluding hydrogens is 517 g/mol. The van der Waals surface area contributed by atoms with Crippen LogP contribution in [-0.4, -0.2) is 23.6 Å². The number of esters is 1. The molecule has 5 aliphatic rings. The molecule has 37 heavy (non-hydrogen) atoms. The van der Waals surface area contributed by atoms with Gasteiger partial charge in [0.05, 0.1) is 16.4 Å². The number of halogens is 2. The molecule has 196 valence electrons. The SMILES string of the molecule is CC1=C(C(=O)Oc2ccccc2Nc2ccc(Cl)cc2Cl)OC2O[C@]3(C)CC[C@H]4[C@H](C)CC[C@@H]1[C@@]24OO3. The van der Waals surface area contributed by atoms with Gasteiger partial charge < -0.3 is 19.5 Å². The Kier molecular flexibility index (Phi) is 6.20. The number of fused-ring (bicyclic) bond motifs is 2. The standard InChI is InChI=1S/C28H29Cl2NO6/c1-15-8-10-19-16(2)24(34-26-28(19)18(15)12-13-27(3,35-26)36-37-28)25(32)33-23-7-5-4-6-22(23)31-21-11-9-17(29)14-20(21)30/h4-7,9,11,14-15,18-19,26,31H,8,10,12-13H2,1-3H3/t15-,18+,19+,26?,27+,28-/m1/s1. The van der Waals surface area contributed by atoms with E-state index in [0.717, 1.165) is 24.8 Å². The second-order valence-corrected chi connectivity index (χ2v) is 11.5. The summed E-state index contributed by atoms with van der Waals surface area (Å²) < 4.78 is 18.5. The van der Waals surface area contributed by atoms with Gasteiger partial charge in [-0.3, -0.25) is 0 Å². The number of rotatable bonds is 4. The maximum atomic E-state index is 13.6. The fraction of sp³-hybridized carbons (Fsp3) is 0.464. The number of carbonyl (C=O) groups is 1. The van der Waals surface area contributed by atoms with Crippen molar-refractivity contribution in [1.82, 2.24) is 0 Å². The highest BCUT2D eigenvalue weighted by Gasteiger charge is 2.68. The molecular formula is C28H29Cl2NO6. The first-order chi connectivity index (χ1) is 17.7. The van der Waals surface area contributed by atoms with Crippen LogP contribution in [0.15, 0.2) is 53.8 Å². The van der Waals surface area contributed by atoms with Crippen LogP contribution in [0.4, 0.5) is 11.4 Å². The van der Waals surface area contributed by atoms with E-state index in [9.17, 15) is 4.79 Å². The normalized spacial score (nSPS) is 34.3. The summed E-state index contributed by atoms with van der Waals surface area (Å²) >= 11 is 12.4. The molecule has 4 fully saturated rings. The third-order valence-corrected chi connectivity index (χ3v) is 8.85. The Labute approximate surface area is 225 Å². The van der Waals surface area contributed by atoms with Crippen molar-refractivity contribution in [3.63, 3.8) is 0 Å². The Morgan fingerprint density at radius 2 is 1.89 bits per heavy atom. The van der Waals surface area contributed by atoms with Crippen LogP contribution < -0.4 is 10.1 Å². The highest BCUT2D eigenvalue weighted by atomic mass is 35.5. The van der Waals surface area contributed by atoms with E-state index in [0.29, 0.717) is 39.5 Å². The summed E-state index contributed by atoms with van der Waals surface area (Å²) in [6.45, 7) is 6.02. The van der Waals surface area contributed by atoms with Gasteiger partial charge in [-0.05, 0) is 74.9 Å².